The van der Waals surface area contributed by atoms with Gasteiger partial charge in [0.2, 0.25) is 5.91 Å². The summed E-state index contributed by atoms with van der Waals surface area (Å²) in [7, 11) is 0. The van der Waals surface area contributed by atoms with Crippen molar-refractivity contribution in [2.24, 2.45) is 0 Å². The van der Waals surface area contributed by atoms with Crippen LogP contribution in [0, 0.1) is 6.92 Å². The van der Waals surface area contributed by atoms with Crippen LogP contribution >= 0.6 is 0 Å². The van der Waals surface area contributed by atoms with Crippen molar-refractivity contribution in [1.82, 2.24) is 9.88 Å². The predicted octanol–water partition coefficient (Wildman–Crippen LogP) is 2.48. The van der Waals surface area contributed by atoms with Crippen molar-refractivity contribution in [3.05, 3.63) is 36.0 Å². The number of fused-ring (bicyclic) bond motifs is 1. The van der Waals surface area contributed by atoms with Crippen molar-refractivity contribution in [2.45, 2.75) is 26.8 Å². The summed E-state index contributed by atoms with van der Waals surface area (Å²) in [5, 5.41) is 4.11. The molecule has 0 saturated heterocycles. The maximum Gasteiger partial charge on any atom is 0.239 e. The van der Waals surface area contributed by atoms with Crippen LogP contribution in [0.15, 0.2) is 30.5 Å². The summed E-state index contributed by atoms with van der Waals surface area (Å²) in [4.78, 5) is 11.7. The summed E-state index contributed by atoms with van der Waals surface area (Å²) in [6, 6.07) is 8.23. The molecule has 0 aliphatic heterocycles. The fraction of sp³-hybridized carbons (Fsp3) is 0.357. The van der Waals surface area contributed by atoms with E-state index in [-0.39, 0.29) is 5.91 Å². The number of benzene rings is 1. The number of aryl methyl sites for hydroxylation is 1. The van der Waals surface area contributed by atoms with Gasteiger partial charge in [-0.15, -0.1) is 0 Å². The molecule has 1 amide bonds. The Kier molecular flexibility index (Phi) is 3.47. The summed E-state index contributed by atoms with van der Waals surface area (Å²) in [6.07, 6.45) is 2.94. The number of nitrogens with one attached hydrogen (secondary N) is 1. The lowest BCUT2D eigenvalue weighted by atomic mass is 10.1. The number of nitrogens with zero attached hydrogens (tertiary/aromatic N) is 1. The van der Waals surface area contributed by atoms with Gasteiger partial charge >= 0.3 is 0 Å². The van der Waals surface area contributed by atoms with Gasteiger partial charge in [-0.25, -0.2) is 0 Å². The van der Waals surface area contributed by atoms with Gasteiger partial charge in [-0.1, -0.05) is 19.1 Å². The van der Waals surface area contributed by atoms with E-state index in [1.54, 1.807) is 0 Å². The number of aromatic nitrogens is 1. The highest BCUT2D eigenvalue weighted by Crippen LogP contribution is 2.19. The molecule has 2 rings (SSSR count). The quantitative estimate of drug-likeness (QED) is 0.860. The number of carbonyl (C=O) groups is 1. The van der Waals surface area contributed by atoms with E-state index in [2.05, 4.69) is 37.4 Å². The summed E-state index contributed by atoms with van der Waals surface area (Å²) in [6.45, 7) is 5.28. The monoisotopic (exact) mass is 230 g/mol. The molecular weight excluding hydrogens is 212 g/mol. The highest BCUT2D eigenvalue weighted by molar-refractivity contribution is 5.85. The minimum atomic E-state index is 0.0749. The van der Waals surface area contributed by atoms with E-state index in [9.17, 15) is 4.79 Å². The Balaban J connectivity index is 2.19. The first-order valence-corrected chi connectivity index (χ1v) is 6.03. The van der Waals surface area contributed by atoms with Gasteiger partial charge in [-0.05, 0) is 31.0 Å². The molecule has 90 valence electrons. The van der Waals surface area contributed by atoms with Crippen LogP contribution in [-0.2, 0) is 11.3 Å². The molecule has 1 aromatic carbocycles. The first-order chi connectivity index (χ1) is 8.22. The van der Waals surface area contributed by atoms with Gasteiger partial charge in [-0.3, -0.25) is 4.79 Å². The minimum Gasteiger partial charge on any atom is -0.355 e. The second-order valence-electron chi connectivity index (χ2n) is 4.30. The van der Waals surface area contributed by atoms with Crippen LogP contribution in [0.3, 0.4) is 0 Å². The van der Waals surface area contributed by atoms with E-state index in [0.29, 0.717) is 6.54 Å². The highest BCUT2D eigenvalue weighted by atomic mass is 16.1. The van der Waals surface area contributed by atoms with Crippen LogP contribution in [-0.4, -0.2) is 17.0 Å². The third-order valence-electron chi connectivity index (χ3n) is 2.92. The van der Waals surface area contributed by atoms with Gasteiger partial charge in [0.05, 0.1) is 0 Å². The molecule has 1 aromatic heterocycles. The molecule has 0 aliphatic rings. The lowest BCUT2D eigenvalue weighted by Gasteiger charge is -2.06. The van der Waals surface area contributed by atoms with Crippen molar-refractivity contribution < 1.29 is 4.79 Å². The van der Waals surface area contributed by atoms with E-state index in [4.69, 9.17) is 0 Å². The first-order valence-electron chi connectivity index (χ1n) is 6.03. The molecule has 0 radical (unpaired) electrons. The Morgan fingerprint density at radius 3 is 2.94 bits per heavy atom. The topological polar surface area (TPSA) is 34.0 Å². The van der Waals surface area contributed by atoms with Crippen LogP contribution in [0.4, 0.5) is 0 Å². The van der Waals surface area contributed by atoms with Crippen molar-refractivity contribution in [3.63, 3.8) is 0 Å². The average molecular weight is 230 g/mol. The van der Waals surface area contributed by atoms with Gasteiger partial charge in [0.15, 0.2) is 0 Å². The number of carbonyl (C=O) groups excluding carboxylic acids is 1. The summed E-state index contributed by atoms with van der Waals surface area (Å²) >= 11 is 0. The fourth-order valence-corrected chi connectivity index (χ4v) is 1.99. The molecule has 0 aliphatic carbocycles. The molecule has 0 saturated carbocycles. The van der Waals surface area contributed by atoms with Crippen LogP contribution in [0.1, 0.15) is 18.9 Å². The van der Waals surface area contributed by atoms with E-state index < -0.39 is 0 Å². The lowest BCUT2D eigenvalue weighted by Crippen LogP contribution is -2.27. The fourth-order valence-electron chi connectivity index (χ4n) is 1.99. The largest absolute Gasteiger partial charge is 0.355 e. The third-order valence-corrected chi connectivity index (χ3v) is 2.92. The SMILES string of the molecule is CCCNC(=O)Cn1ccc2c(C)cccc21. The van der Waals surface area contributed by atoms with Gasteiger partial charge in [0.1, 0.15) is 6.54 Å². The Morgan fingerprint density at radius 2 is 2.18 bits per heavy atom. The van der Waals surface area contributed by atoms with Crippen molar-refractivity contribution in [1.29, 1.82) is 0 Å². The molecule has 2 aromatic rings. The van der Waals surface area contributed by atoms with Gasteiger partial charge in [0.25, 0.3) is 0 Å². The highest BCUT2D eigenvalue weighted by Gasteiger charge is 2.06. The van der Waals surface area contributed by atoms with Crippen molar-refractivity contribution in [3.8, 4) is 0 Å². The summed E-state index contributed by atoms with van der Waals surface area (Å²) < 4.78 is 1.99. The zero-order valence-electron chi connectivity index (χ0n) is 10.4. The Labute approximate surface area is 101 Å². The maximum atomic E-state index is 11.7. The Bertz CT molecular complexity index is 528. The zero-order valence-corrected chi connectivity index (χ0v) is 10.4. The second kappa shape index (κ2) is 5.04. The van der Waals surface area contributed by atoms with Gasteiger partial charge in [-0.2, -0.15) is 0 Å². The van der Waals surface area contributed by atoms with Crippen LogP contribution in [0.5, 0.6) is 0 Å². The summed E-state index contributed by atoms with van der Waals surface area (Å²) in [5.74, 6) is 0.0749. The minimum absolute atomic E-state index is 0.0749. The van der Waals surface area contributed by atoms with Gasteiger partial charge in [0, 0.05) is 23.6 Å². The van der Waals surface area contributed by atoms with Crippen molar-refractivity contribution >= 4 is 16.8 Å². The molecule has 1 N–H and O–H groups in total. The number of hydrogen-bond acceptors (Lipinski definition) is 1. The standard InChI is InChI=1S/C14H18N2O/c1-3-8-15-14(17)10-16-9-7-12-11(2)5-4-6-13(12)16/h4-7,9H,3,8,10H2,1-2H3,(H,15,17). The number of amides is 1. The second-order valence-corrected chi connectivity index (χ2v) is 4.30. The smallest absolute Gasteiger partial charge is 0.239 e. The third kappa shape index (κ3) is 2.49. The summed E-state index contributed by atoms with van der Waals surface area (Å²) in [5.41, 5.74) is 2.37. The van der Waals surface area contributed by atoms with Crippen LogP contribution in [0.25, 0.3) is 10.9 Å². The molecule has 1 heterocycles. The Morgan fingerprint density at radius 1 is 1.35 bits per heavy atom. The molecule has 0 spiro atoms. The van der Waals surface area contributed by atoms with Crippen molar-refractivity contribution in [2.75, 3.05) is 6.54 Å². The zero-order chi connectivity index (χ0) is 12.3. The molecule has 17 heavy (non-hydrogen) atoms. The number of rotatable bonds is 4. The maximum absolute atomic E-state index is 11.7. The van der Waals surface area contributed by atoms with Crippen LogP contribution in [0.2, 0.25) is 0 Å². The number of hydrogen-bond donors (Lipinski definition) is 1. The van der Waals surface area contributed by atoms with E-state index >= 15 is 0 Å². The van der Waals surface area contributed by atoms with Crippen LogP contribution < -0.4 is 5.32 Å². The van der Waals surface area contributed by atoms with Gasteiger partial charge < -0.3 is 9.88 Å². The van der Waals surface area contributed by atoms with E-state index in [1.807, 2.05) is 16.8 Å². The van der Waals surface area contributed by atoms with E-state index in [0.717, 1.165) is 18.5 Å². The Hall–Kier alpha value is -1.77. The van der Waals surface area contributed by atoms with E-state index in [1.165, 1.54) is 10.9 Å². The molecular formula is C14H18N2O. The average Bonchev–Trinajstić information content (AvgIpc) is 2.71. The molecule has 3 heteroatoms. The predicted molar refractivity (Wildman–Crippen MR) is 70.0 cm³/mol. The first kappa shape index (κ1) is 11.7. The molecule has 3 nitrogen and oxygen atoms in total. The molecule has 0 bridgehead atoms. The normalized spacial score (nSPS) is 10.7. The lowest BCUT2D eigenvalue weighted by molar-refractivity contribution is -0.121. The molecule has 0 atom stereocenters. The molecule has 0 fully saturated rings. The molecule has 0 unspecified atom stereocenters.